The molecule has 0 radical (unpaired) electrons. The van der Waals surface area contributed by atoms with E-state index in [-0.39, 0.29) is 32.8 Å². The summed E-state index contributed by atoms with van der Waals surface area (Å²) < 4.78 is 30.3. The molecule has 1 saturated heterocycles. The maximum Gasteiger partial charge on any atom is 0.222 e. The first-order valence-electron chi connectivity index (χ1n) is 8.58. The van der Waals surface area contributed by atoms with E-state index in [2.05, 4.69) is 9.84 Å². The first-order chi connectivity index (χ1) is 13.2. The average Bonchev–Trinajstić information content (AvgIpc) is 2.62. The van der Waals surface area contributed by atoms with Crippen molar-refractivity contribution < 1.29 is 58.3 Å². The van der Waals surface area contributed by atoms with E-state index in [1.165, 1.54) is 0 Å². The Labute approximate surface area is 161 Å². The molecule has 1 aliphatic heterocycles. The molecule has 0 aromatic heterocycles. The van der Waals surface area contributed by atoms with Crippen molar-refractivity contribution in [3.8, 4) is 0 Å². The maximum atomic E-state index is 12.0. The van der Waals surface area contributed by atoms with E-state index in [9.17, 15) is 29.4 Å². The molecule has 14 heteroatoms. The number of carbonyl (C=O) groups excluding carboxylic acids is 1. The van der Waals surface area contributed by atoms with Gasteiger partial charge in [-0.05, 0) is 6.42 Å². The van der Waals surface area contributed by atoms with Crippen LogP contribution in [-0.2, 0) is 28.1 Å². The second kappa shape index (κ2) is 12.8. The maximum absolute atomic E-state index is 12.0. The lowest BCUT2D eigenvalue weighted by Gasteiger charge is -2.45. The highest BCUT2D eigenvalue weighted by Gasteiger charge is 2.45. The zero-order valence-corrected chi connectivity index (χ0v) is 15.9. The molecule has 0 saturated carbocycles. The minimum Gasteiger partial charge on any atom is -0.790 e. The number of ether oxygens (including phenoxy) is 3. The van der Waals surface area contributed by atoms with Crippen molar-refractivity contribution in [1.82, 2.24) is 5.32 Å². The Morgan fingerprint density at radius 1 is 1.07 bits per heavy atom. The standard InChI is InChI=1S/C14H28NO12P/c16-3-1-4-24-6-7-25-5-2-10(18)15-11-13(20)12(19)9(8-17)26-14(11)27-28(21,22)23/h9,11-14,16-17,19-20H,1-8H2,(H,15,18)(H2,21,22,23)/p-2/t9?,11?,12-,13+,14-/m0/s1. The van der Waals surface area contributed by atoms with Crippen molar-refractivity contribution in [3.63, 3.8) is 0 Å². The van der Waals surface area contributed by atoms with Crippen molar-refractivity contribution >= 4 is 13.7 Å². The van der Waals surface area contributed by atoms with Crippen molar-refractivity contribution in [2.24, 2.45) is 0 Å². The van der Waals surface area contributed by atoms with Gasteiger partial charge in [0.2, 0.25) is 5.91 Å². The number of amides is 1. The highest BCUT2D eigenvalue weighted by Crippen LogP contribution is 2.33. The normalized spacial score (nSPS) is 28.3. The van der Waals surface area contributed by atoms with Gasteiger partial charge in [0.05, 0.1) is 34.3 Å². The first kappa shape index (κ1) is 25.3. The van der Waals surface area contributed by atoms with E-state index in [0.717, 1.165) is 0 Å². The SMILES string of the molecule is O=C(CCOCCOCCCO)NC1[C@H](OP(=O)([O-])[O-])OC(CO)[C@H](O)[C@@H]1O. The lowest BCUT2D eigenvalue weighted by molar-refractivity contribution is -0.362. The highest BCUT2D eigenvalue weighted by molar-refractivity contribution is 7.43. The van der Waals surface area contributed by atoms with Gasteiger partial charge in [-0.15, -0.1) is 0 Å². The van der Waals surface area contributed by atoms with Gasteiger partial charge in [-0.1, -0.05) is 0 Å². The molecule has 2 unspecified atom stereocenters. The molecule has 0 aromatic rings. The summed E-state index contributed by atoms with van der Waals surface area (Å²) in [6.07, 6.45) is -6.42. The summed E-state index contributed by atoms with van der Waals surface area (Å²) in [5.41, 5.74) is 0. The van der Waals surface area contributed by atoms with Crippen molar-refractivity contribution in [2.45, 2.75) is 43.5 Å². The van der Waals surface area contributed by atoms with Crippen LogP contribution in [0.15, 0.2) is 0 Å². The fraction of sp³-hybridized carbons (Fsp3) is 0.929. The Balaban J connectivity index is 2.48. The molecule has 0 aliphatic carbocycles. The monoisotopic (exact) mass is 431 g/mol. The highest BCUT2D eigenvalue weighted by atomic mass is 31.2. The first-order valence-corrected chi connectivity index (χ1v) is 10.0. The molecular formula is C14H26NO12P-2. The van der Waals surface area contributed by atoms with Gasteiger partial charge < -0.3 is 58.8 Å². The van der Waals surface area contributed by atoms with E-state index < -0.39 is 51.0 Å². The minimum absolute atomic E-state index is 0.0182. The van der Waals surface area contributed by atoms with Gasteiger partial charge in [0.1, 0.15) is 24.4 Å². The lowest BCUT2D eigenvalue weighted by Crippen LogP contribution is -2.64. The van der Waals surface area contributed by atoms with Gasteiger partial charge in [0.15, 0.2) is 6.29 Å². The van der Waals surface area contributed by atoms with Crippen LogP contribution in [0, 0.1) is 0 Å². The molecule has 1 fully saturated rings. The molecule has 0 bridgehead atoms. The van der Waals surface area contributed by atoms with Gasteiger partial charge in [0.25, 0.3) is 0 Å². The number of rotatable bonds is 13. The fourth-order valence-corrected chi connectivity index (χ4v) is 2.80. The third-order valence-electron chi connectivity index (χ3n) is 3.73. The summed E-state index contributed by atoms with van der Waals surface area (Å²) in [4.78, 5) is 33.7. The van der Waals surface area contributed by atoms with Gasteiger partial charge >= 0.3 is 0 Å². The van der Waals surface area contributed by atoms with E-state index in [4.69, 9.17) is 24.4 Å². The molecular weight excluding hydrogens is 405 g/mol. The summed E-state index contributed by atoms with van der Waals surface area (Å²) in [7, 11) is -5.55. The van der Waals surface area contributed by atoms with Crippen molar-refractivity contribution in [3.05, 3.63) is 0 Å². The summed E-state index contributed by atoms with van der Waals surface area (Å²) in [5, 5.41) is 39.8. The van der Waals surface area contributed by atoms with Crippen LogP contribution in [0.5, 0.6) is 0 Å². The number of aliphatic hydroxyl groups is 4. The second-order valence-corrected chi connectivity index (χ2v) is 7.01. The van der Waals surface area contributed by atoms with E-state index in [0.29, 0.717) is 13.0 Å². The molecule has 5 N–H and O–H groups in total. The smallest absolute Gasteiger partial charge is 0.222 e. The van der Waals surface area contributed by atoms with Gasteiger partial charge in [-0.3, -0.25) is 4.79 Å². The molecule has 0 aromatic carbocycles. The molecule has 1 rings (SSSR count). The van der Waals surface area contributed by atoms with Gasteiger partial charge in [-0.25, -0.2) is 0 Å². The number of hydrogen-bond donors (Lipinski definition) is 5. The van der Waals surface area contributed by atoms with E-state index >= 15 is 0 Å². The molecule has 0 spiro atoms. The number of carbonyl (C=O) groups is 1. The van der Waals surface area contributed by atoms with Crippen LogP contribution in [0.25, 0.3) is 0 Å². The fourth-order valence-electron chi connectivity index (χ4n) is 2.36. The Morgan fingerprint density at radius 2 is 1.71 bits per heavy atom. The summed E-state index contributed by atoms with van der Waals surface area (Å²) in [5.74, 6) is -0.691. The number of aliphatic hydroxyl groups excluding tert-OH is 4. The predicted octanol–water partition coefficient (Wildman–Crippen LogP) is -4.44. The zero-order valence-electron chi connectivity index (χ0n) is 15.0. The Kier molecular flexibility index (Phi) is 11.6. The van der Waals surface area contributed by atoms with Gasteiger partial charge in [-0.2, -0.15) is 0 Å². The summed E-state index contributed by atoms with van der Waals surface area (Å²) >= 11 is 0. The predicted molar refractivity (Wildman–Crippen MR) is 86.3 cm³/mol. The molecule has 1 heterocycles. The third-order valence-corrected chi connectivity index (χ3v) is 4.20. The van der Waals surface area contributed by atoms with Crippen LogP contribution in [-0.4, -0.2) is 96.6 Å². The number of phosphoric acid groups is 1. The van der Waals surface area contributed by atoms with Crippen LogP contribution in [0.1, 0.15) is 12.8 Å². The minimum atomic E-state index is -5.55. The van der Waals surface area contributed by atoms with Crippen LogP contribution in [0.2, 0.25) is 0 Å². The van der Waals surface area contributed by atoms with Crippen LogP contribution < -0.4 is 15.1 Å². The van der Waals surface area contributed by atoms with Crippen molar-refractivity contribution in [1.29, 1.82) is 0 Å². The van der Waals surface area contributed by atoms with Crippen LogP contribution >= 0.6 is 7.82 Å². The van der Waals surface area contributed by atoms with Gasteiger partial charge in [0, 0.05) is 19.6 Å². The average molecular weight is 431 g/mol. The second-order valence-electron chi connectivity index (χ2n) is 5.90. The number of hydrogen-bond acceptors (Lipinski definition) is 12. The molecule has 1 aliphatic rings. The zero-order chi connectivity index (χ0) is 21.2. The Hall–Kier alpha value is -0.700. The molecule has 13 nitrogen and oxygen atoms in total. The molecule has 166 valence electrons. The lowest BCUT2D eigenvalue weighted by atomic mass is 9.97. The molecule has 5 atom stereocenters. The largest absolute Gasteiger partial charge is 0.790 e. The molecule has 1 amide bonds. The Bertz CT molecular complexity index is 503. The van der Waals surface area contributed by atoms with Crippen LogP contribution in [0.3, 0.4) is 0 Å². The Morgan fingerprint density at radius 3 is 2.29 bits per heavy atom. The quantitative estimate of drug-likeness (QED) is 0.138. The van der Waals surface area contributed by atoms with E-state index in [1.54, 1.807) is 0 Å². The number of nitrogens with one attached hydrogen (secondary N) is 1. The summed E-state index contributed by atoms with van der Waals surface area (Å²) in [6, 6.07) is -1.57. The number of phosphoric ester groups is 1. The van der Waals surface area contributed by atoms with E-state index in [1.807, 2.05) is 0 Å². The summed E-state index contributed by atoms with van der Waals surface area (Å²) in [6.45, 7) is 0.0602. The van der Waals surface area contributed by atoms with Crippen molar-refractivity contribution in [2.75, 3.05) is 39.6 Å². The molecule has 28 heavy (non-hydrogen) atoms. The van der Waals surface area contributed by atoms with Crippen LogP contribution in [0.4, 0.5) is 0 Å². The topological polar surface area (TPSA) is 210 Å². The third kappa shape index (κ3) is 9.20.